The second-order valence-corrected chi connectivity index (χ2v) is 6.42. The minimum Gasteiger partial charge on any atom is -0.371 e. The highest BCUT2D eigenvalue weighted by Gasteiger charge is 2.34. The highest BCUT2D eigenvalue weighted by Crippen LogP contribution is 2.39. The lowest BCUT2D eigenvalue weighted by Crippen LogP contribution is -2.41. The standard InChI is InChI=1S/C17H26N2/c18-13-17(10-4-5-11-17)14-19-12-6-3-8-15-7-1-2-9-16(15)19/h1-2,7,9H,3-6,8,10-14,18H2. The van der Waals surface area contributed by atoms with Gasteiger partial charge in [0.1, 0.15) is 0 Å². The molecule has 1 aromatic rings. The molecule has 1 saturated carbocycles. The molecular formula is C17H26N2. The number of anilines is 1. The second-order valence-electron chi connectivity index (χ2n) is 6.42. The first-order valence-corrected chi connectivity index (χ1v) is 7.86. The quantitative estimate of drug-likeness (QED) is 0.901. The number of rotatable bonds is 3. The smallest absolute Gasteiger partial charge is 0.0398 e. The van der Waals surface area contributed by atoms with Crippen molar-refractivity contribution >= 4 is 5.69 Å². The maximum absolute atomic E-state index is 6.12. The summed E-state index contributed by atoms with van der Waals surface area (Å²) in [5.74, 6) is 0. The number of para-hydroxylation sites is 1. The van der Waals surface area contributed by atoms with Crippen LogP contribution in [0.15, 0.2) is 24.3 Å². The lowest BCUT2D eigenvalue weighted by Gasteiger charge is -2.36. The molecule has 3 rings (SSSR count). The summed E-state index contributed by atoms with van der Waals surface area (Å²) in [6.07, 6.45) is 9.25. The van der Waals surface area contributed by atoms with Crippen LogP contribution in [-0.2, 0) is 6.42 Å². The molecule has 0 bridgehead atoms. The minimum absolute atomic E-state index is 0.386. The van der Waals surface area contributed by atoms with Crippen molar-refractivity contribution < 1.29 is 0 Å². The average Bonchev–Trinajstić information content (AvgIpc) is 2.83. The van der Waals surface area contributed by atoms with Gasteiger partial charge in [0.15, 0.2) is 0 Å². The molecule has 0 atom stereocenters. The van der Waals surface area contributed by atoms with Crippen LogP contribution in [0.1, 0.15) is 44.1 Å². The third kappa shape index (κ3) is 2.64. The molecule has 0 unspecified atom stereocenters. The Kier molecular flexibility index (Phi) is 3.79. The molecular weight excluding hydrogens is 232 g/mol. The van der Waals surface area contributed by atoms with E-state index in [2.05, 4.69) is 29.2 Å². The number of nitrogens with two attached hydrogens (primary N) is 1. The van der Waals surface area contributed by atoms with Crippen molar-refractivity contribution in [3.05, 3.63) is 29.8 Å². The van der Waals surface area contributed by atoms with Gasteiger partial charge in [-0.2, -0.15) is 0 Å². The van der Waals surface area contributed by atoms with E-state index in [4.69, 9.17) is 5.73 Å². The van der Waals surface area contributed by atoms with E-state index in [9.17, 15) is 0 Å². The first-order valence-electron chi connectivity index (χ1n) is 7.86. The number of aryl methyl sites for hydroxylation is 1. The predicted molar refractivity (Wildman–Crippen MR) is 81.5 cm³/mol. The lowest BCUT2D eigenvalue weighted by atomic mass is 9.85. The molecule has 2 nitrogen and oxygen atoms in total. The fourth-order valence-corrected chi connectivity index (χ4v) is 3.89. The maximum Gasteiger partial charge on any atom is 0.0398 e. The predicted octanol–water partition coefficient (Wildman–Crippen LogP) is 3.35. The molecule has 2 aliphatic rings. The second kappa shape index (κ2) is 5.54. The van der Waals surface area contributed by atoms with E-state index in [1.807, 2.05) is 0 Å². The number of hydrogen-bond acceptors (Lipinski definition) is 2. The molecule has 2 N–H and O–H groups in total. The van der Waals surface area contributed by atoms with Gasteiger partial charge in [0, 0.05) is 24.2 Å². The number of benzene rings is 1. The van der Waals surface area contributed by atoms with Crippen molar-refractivity contribution in [3.8, 4) is 0 Å². The molecule has 1 heterocycles. The van der Waals surface area contributed by atoms with Gasteiger partial charge in [-0.25, -0.2) is 0 Å². The van der Waals surface area contributed by atoms with Gasteiger partial charge in [-0.05, 0) is 50.3 Å². The van der Waals surface area contributed by atoms with Gasteiger partial charge in [0.2, 0.25) is 0 Å². The highest BCUT2D eigenvalue weighted by atomic mass is 15.1. The van der Waals surface area contributed by atoms with Crippen LogP contribution in [0.4, 0.5) is 5.69 Å². The monoisotopic (exact) mass is 258 g/mol. The number of nitrogens with zero attached hydrogens (tertiary/aromatic N) is 1. The van der Waals surface area contributed by atoms with Crippen molar-refractivity contribution in [1.29, 1.82) is 0 Å². The minimum atomic E-state index is 0.386. The Labute approximate surface area is 117 Å². The molecule has 0 amide bonds. The zero-order valence-corrected chi connectivity index (χ0v) is 11.9. The largest absolute Gasteiger partial charge is 0.371 e. The van der Waals surface area contributed by atoms with Crippen LogP contribution in [0, 0.1) is 5.41 Å². The van der Waals surface area contributed by atoms with E-state index in [0.717, 1.165) is 6.54 Å². The van der Waals surface area contributed by atoms with Gasteiger partial charge in [-0.1, -0.05) is 31.0 Å². The van der Waals surface area contributed by atoms with Crippen LogP contribution in [0.5, 0.6) is 0 Å². The molecule has 1 aliphatic heterocycles. The van der Waals surface area contributed by atoms with Crippen LogP contribution < -0.4 is 10.6 Å². The fraction of sp³-hybridized carbons (Fsp3) is 0.647. The van der Waals surface area contributed by atoms with Crippen LogP contribution in [0.3, 0.4) is 0 Å². The summed E-state index contributed by atoms with van der Waals surface area (Å²) in [4.78, 5) is 2.63. The topological polar surface area (TPSA) is 29.3 Å². The number of hydrogen-bond donors (Lipinski definition) is 1. The average molecular weight is 258 g/mol. The molecule has 0 spiro atoms. The lowest BCUT2D eigenvalue weighted by molar-refractivity contribution is 0.311. The van der Waals surface area contributed by atoms with E-state index in [0.29, 0.717) is 5.41 Å². The summed E-state index contributed by atoms with van der Waals surface area (Å²) in [5.41, 5.74) is 9.51. The van der Waals surface area contributed by atoms with Gasteiger partial charge < -0.3 is 10.6 Å². The molecule has 1 aromatic carbocycles. The van der Waals surface area contributed by atoms with E-state index in [1.54, 1.807) is 0 Å². The van der Waals surface area contributed by atoms with Crippen LogP contribution >= 0.6 is 0 Å². The Balaban J connectivity index is 1.84. The first kappa shape index (κ1) is 13.0. The zero-order valence-electron chi connectivity index (χ0n) is 11.9. The highest BCUT2D eigenvalue weighted by molar-refractivity contribution is 5.54. The van der Waals surface area contributed by atoms with Gasteiger partial charge in [-0.3, -0.25) is 0 Å². The molecule has 0 radical (unpaired) electrons. The molecule has 0 saturated heterocycles. The van der Waals surface area contributed by atoms with Gasteiger partial charge in [0.05, 0.1) is 0 Å². The molecule has 2 heteroatoms. The van der Waals surface area contributed by atoms with Gasteiger partial charge in [-0.15, -0.1) is 0 Å². The van der Waals surface area contributed by atoms with Crippen molar-refractivity contribution in [2.45, 2.75) is 44.9 Å². The van der Waals surface area contributed by atoms with E-state index in [1.165, 1.54) is 69.3 Å². The zero-order chi connectivity index (χ0) is 13.1. The molecule has 104 valence electrons. The van der Waals surface area contributed by atoms with Crippen molar-refractivity contribution in [3.63, 3.8) is 0 Å². The third-order valence-electron chi connectivity index (χ3n) is 5.08. The Morgan fingerprint density at radius 1 is 1.05 bits per heavy atom. The summed E-state index contributed by atoms with van der Waals surface area (Å²) >= 11 is 0. The summed E-state index contributed by atoms with van der Waals surface area (Å²) in [6.45, 7) is 3.23. The van der Waals surface area contributed by atoms with E-state index >= 15 is 0 Å². The summed E-state index contributed by atoms with van der Waals surface area (Å²) in [5, 5.41) is 0. The van der Waals surface area contributed by atoms with Crippen LogP contribution in [0.2, 0.25) is 0 Å². The summed E-state index contributed by atoms with van der Waals surface area (Å²) in [7, 11) is 0. The summed E-state index contributed by atoms with van der Waals surface area (Å²) in [6, 6.07) is 8.97. The fourth-order valence-electron chi connectivity index (χ4n) is 3.89. The van der Waals surface area contributed by atoms with Crippen LogP contribution in [-0.4, -0.2) is 19.6 Å². The first-order chi connectivity index (χ1) is 9.33. The SMILES string of the molecule is NCC1(CN2CCCCc3ccccc32)CCCC1. The van der Waals surface area contributed by atoms with E-state index in [-0.39, 0.29) is 0 Å². The van der Waals surface area contributed by atoms with Gasteiger partial charge in [0.25, 0.3) is 0 Å². The summed E-state index contributed by atoms with van der Waals surface area (Å²) < 4.78 is 0. The van der Waals surface area contributed by atoms with Crippen molar-refractivity contribution in [1.82, 2.24) is 0 Å². The van der Waals surface area contributed by atoms with Crippen molar-refractivity contribution in [2.75, 3.05) is 24.5 Å². The van der Waals surface area contributed by atoms with Crippen molar-refractivity contribution in [2.24, 2.45) is 11.1 Å². The molecule has 0 aromatic heterocycles. The Morgan fingerprint density at radius 2 is 1.84 bits per heavy atom. The molecule has 19 heavy (non-hydrogen) atoms. The Hall–Kier alpha value is -1.02. The third-order valence-corrected chi connectivity index (χ3v) is 5.08. The van der Waals surface area contributed by atoms with E-state index < -0.39 is 0 Å². The Bertz CT molecular complexity index is 421. The van der Waals surface area contributed by atoms with Crippen LogP contribution in [0.25, 0.3) is 0 Å². The number of fused-ring (bicyclic) bond motifs is 1. The molecule has 1 fully saturated rings. The normalized spacial score (nSPS) is 22.1. The van der Waals surface area contributed by atoms with Gasteiger partial charge >= 0.3 is 0 Å². The maximum atomic E-state index is 6.12. The molecule has 1 aliphatic carbocycles. The Morgan fingerprint density at radius 3 is 2.63 bits per heavy atom.